The van der Waals surface area contributed by atoms with Crippen molar-refractivity contribution in [3.63, 3.8) is 0 Å². The number of nitrogens with zero attached hydrogens (tertiary/aromatic N) is 2. The SMILES string of the molecule is Cc1cc(-c2[c-]ccc(-c3ccccc3)c2)nc[c]1[Ge]([CH3])([CH3])[CH3].[Ir].[c-]1cc2oc3cc(-c4cccc5ccccc45)ccc3c2cc1-c1cc(-c2ccccc2)ccn1. The summed E-state index contributed by atoms with van der Waals surface area (Å²) in [5, 5.41) is 4.65. The molecule has 0 aliphatic rings. The zero-order valence-electron chi connectivity index (χ0n) is 33.5. The van der Waals surface area contributed by atoms with E-state index in [-0.39, 0.29) is 20.1 Å². The molecule has 0 N–H and O–H groups in total. The Morgan fingerprint density at radius 2 is 1.19 bits per heavy atom. The predicted octanol–water partition coefficient (Wildman–Crippen LogP) is 14.0. The first-order valence-electron chi connectivity index (χ1n) is 19.7. The molecule has 3 aromatic heterocycles. The normalized spacial score (nSPS) is 11.3. The predicted molar refractivity (Wildman–Crippen MR) is 246 cm³/mol. The van der Waals surface area contributed by atoms with Crippen molar-refractivity contribution in [3.05, 3.63) is 200 Å². The zero-order valence-corrected chi connectivity index (χ0v) is 37.9. The number of rotatable bonds is 6. The van der Waals surface area contributed by atoms with Crippen molar-refractivity contribution < 1.29 is 24.5 Å². The van der Waals surface area contributed by atoms with E-state index in [0.717, 1.165) is 55.6 Å². The van der Waals surface area contributed by atoms with Gasteiger partial charge in [0.1, 0.15) is 5.58 Å². The Hall–Kier alpha value is -5.91. The minimum Gasteiger partial charge on any atom is -0.500 e. The van der Waals surface area contributed by atoms with Crippen LogP contribution in [-0.2, 0) is 20.1 Å². The maximum atomic E-state index is 6.26. The van der Waals surface area contributed by atoms with Crippen LogP contribution in [0.3, 0.4) is 0 Å². The van der Waals surface area contributed by atoms with E-state index in [1.165, 1.54) is 43.0 Å². The third-order valence-corrected chi connectivity index (χ3v) is 15.2. The molecule has 10 rings (SSSR count). The molecule has 0 aliphatic heterocycles. The van der Waals surface area contributed by atoms with Gasteiger partial charge in [0.05, 0.1) is 5.58 Å². The number of hydrogen-bond donors (Lipinski definition) is 0. The van der Waals surface area contributed by atoms with E-state index in [0.29, 0.717) is 0 Å². The van der Waals surface area contributed by atoms with E-state index < -0.39 is 13.3 Å². The number of hydrogen-bond acceptors (Lipinski definition) is 3. The molecule has 7 aromatic carbocycles. The van der Waals surface area contributed by atoms with Crippen LogP contribution >= 0.6 is 0 Å². The molecule has 0 aliphatic carbocycles. The molecule has 0 fully saturated rings. The molecule has 0 saturated carbocycles. The molecule has 3 nitrogen and oxygen atoms in total. The molecule has 1 radical (unpaired) electrons. The van der Waals surface area contributed by atoms with Gasteiger partial charge in [0.2, 0.25) is 0 Å². The molecule has 0 amide bonds. The Kier molecular flexibility index (Phi) is 11.6. The number of aryl methyl sites for hydroxylation is 1. The minimum atomic E-state index is -1.85. The summed E-state index contributed by atoms with van der Waals surface area (Å²) in [7, 11) is 0. The fourth-order valence-electron chi connectivity index (χ4n) is 7.81. The van der Waals surface area contributed by atoms with Crippen molar-refractivity contribution in [2.75, 3.05) is 0 Å². The molecule has 0 saturated heterocycles. The average molecular weight is 1000 g/mol. The molecule has 0 atom stereocenters. The van der Waals surface area contributed by atoms with E-state index >= 15 is 0 Å². The van der Waals surface area contributed by atoms with Gasteiger partial charge in [0, 0.05) is 31.7 Å². The van der Waals surface area contributed by atoms with E-state index in [1.54, 1.807) is 0 Å². The van der Waals surface area contributed by atoms with Crippen LogP contribution in [0.1, 0.15) is 5.56 Å². The number of benzene rings is 7. The summed E-state index contributed by atoms with van der Waals surface area (Å²) >= 11 is -1.85. The van der Waals surface area contributed by atoms with Crippen LogP contribution in [-0.4, -0.2) is 23.2 Å². The molecule has 0 unspecified atom stereocenters. The van der Waals surface area contributed by atoms with Crippen LogP contribution in [0, 0.1) is 19.1 Å². The summed E-state index contributed by atoms with van der Waals surface area (Å²) in [4.78, 5) is 9.35. The Morgan fingerprint density at radius 1 is 0.508 bits per heavy atom. The van der Waals surface area contributed by atoms with Crippen molar-refractivity contribution >= 4 is 50.4 Å². The Bertz CT molecular complexity index is 3050. The molecule has 10 aromatic rings. The third-order valence-electron chi connectivity index (χ3n) is 10.8. The standard InChI is InChI=1S/C33H20NO.C21H22GeN.Ir/c1-2-7-22(8-3-1)24-17-18-34-31(20-24)26-14-16-32-30(19-26)29-15-13-25(21-33(29)35-32)28-12-6-10-23-9-4-5-11-27(23)28;1-16-13-21(23-15-20(16)22(2,3)4)19-12-8-11-18(14-19)17-9-6-5-7-10-17;/h1-13,15-21H;5-11,13-15H,1-4H3;/q2*-1;. The van der Waals surface area contributed by atoms with Gasteiger partial charge in [0.15, 0.2) is 0 Å². The van der Waals surface area contributed by atoms with Gasteiger partial charge < -0.3 is 9.40 Å². The molecule has 59 heavy (non-hydrogen) atoms. The van der Waals surface area contributed by atoms with Crippen LogP contribution in [0.25, 0.3) is 88.6 Å². The molecular formula is C54H42GeIrN2O-2. The maximum Gasteiger partial charge on any atom is 0.121 e. The summed E-state index contributed by atoms with van der Waals surface area (Å²) in [5.41, 5.74) is 14.1. The number of fused-ring (bicyclic) bond motifs is 4. The van der Waals surface area contributed by atoms with Crippen molar-refractivity contribution in [2.24, 2.45) is 0 Å². The van der Waals surface area contributed by atoms with Crippen LogP contribution in [0.4, 0.5) is 0 Å². The number of furan rings is 1. The van der Waals surface area contributed by atoms with E-state index in [1.807, 2.05) is 36.5 Å². The van der Waals surface area contributed by atoms with Crippen LogP contribution in [0.5, 0.6) is 0 Å². The Balaban J connectivity index is 0.000000176. The summed E-state index contributed by atoms with van der Waals surface area (Å²) < 4.78 is 7.74. The number of aromatic nitrogens is 2. The van der Waals surface area contributed by atoms with Gasteiger partial charge in [-0.25, -0.2) is 0 Å². The van der Waals surface area contributed by atoms with Gasteiger partial charge in [-0.3, -0.25) is 0 Å². The van der Waals surface area contributed by atoms with E-state index in [9.17, 15) is 0 Å². The summed E-state index contributed by atoms with van der Waals surface area (Å²) in [5.74, 6) is 7.23. The monoisotopic (exact) mass is 1000 g/mol. The Labute approximate surface area is 362 Å². The van der Waals surface area contributed by atoms with Crippen molar-refractivity contribution in [1.82, 2.24) is 9.97 Å². The molecule has 0 bridgehead atoms. The zero-order chi connectivity index (χ0) is 39.6. The second-order valence-electron chi connectivity index (χ2n) is 15.8. The van der Waals surface area contributed by atoms with Crippen molar-refractivity contribution in [2.45, 2.75) is 24.2 Å². The maximum absolute atomic E-state index is 6.26. The van der Waals surface area contributed by atoms with Gasteiger partial charge in [-0.2, -0.15) is 0 Å². The first kappa shape index (κ1) is 39.9. The van der Waals surface area contributed by atoms with Gasteiger partial charge in [-0.15, -0.1) is 23.8 Å². The van der Waals surface area contributed by atoms with Crippen LogP contribution in [0.15, 0.2) is 187 Å². The smallest absolute Gasteiger partial charge is 0.121 e. The second kappa shape index (κ2) is 17.1. The van der Waals surface area contributed by atoms with Gasteiger partial charge in [-0.1, -0.05) is 96.4 Å². The molecule has 3 heterocycles. The van der Waals surface area contributed by atoms with Gasteiger partial charge in [0.25, 0.3) is 0 Å². The first-order valence-corrected chi connectivity index (χ1v) is 27.1. The quantitative estimate of drug-likeness (QED) is 0.123. The van der Waals surface area contributed by atoms with Crippen molar-refractivity contribution in [1.29, 1.82) is 0 Å². The van der Waals surface area contributed by atoms with E-state index in [4.69, 9.17) is 9.40 Å². The number of pyridine rings is 2. The topological polar surface area (TPSA) is 38.9 Å². The Morgan fingerprint density at radius 3 is 1.93 bits per heavy atom. The third kappa shape index (κ3) is 8.49. The molecule has 5 heteroatoms. The van der Waals surface area contributed by atoms with Gasteiger partial charge in [-0.05, 0) is 50.9 Å². The largest absolute Gasteiger partial charge is 0.500 e. The minimum absolute atomic E-state index is 0. The second-order valence-corrected chi connectivity index (χ2v) is 26.3. The summed E-state index contributed by atoms with van der Waals surface area (Å²) in [6.07, 6.45) is 3.95. The first-order chi connectivity index (χ1) is 28.3. The summed E-state index contributed by atoms with van der Waals surface area (Å²) in [6, 6.07) is 65.6. The van der Waals surface area contributed by atoms with Crippen molar-refractivity contribution in [3.8, 4) is 55.9 Å². The average Bonchev–Trinajstić information content (AvgIpc) is 3.64. The fraction of sp³-hybridized carbons (Fsp3) is 0.0741. The fourth-order valence-corrected chi connectivity index (χ4v) is 11.4. The van der Waals surface area contributed by atoms with E-state index in [2.05, 4.69) is 187 Å². The molecule has 289 valence electrons. The van der Waals surface area contributed by atoms with Crippen LogP contribution < -0.4 is 4.40 Å². The van der Waals surface area contributed by atoms with Crippen LogP contribution in [0.2, 0.25) is 17.3 Å². The molecular weight excluding hydrogens is 957 g/mol. The molecule has 0 spiro atoms. The van der Waals surface area contributed by atoms with Gasteiger partial charge >= 0.3 is 142 Å². The summed E-state index contributed by atoms with van der Waals surface area (Å²) in [6.45, 7) is 2.21.